The molecule has 5 rings (SSSR count). The fourth-order valence-corrected chi connectivity index (χ4v) is 25.2. The van der Waals surface area contributed by atoms with Crippen molar-refractivity contribution in [2.45, 2.75) is 150 Å². The minimum absolute atomic E-state index is 0.0455. The van der Waals surface area contributed by atoms with Crippen LogP contribution in [0.3, 0.4) is 0 Å². The Bertz CT molecular complexity index is 1820. The van der Waals surface area contributed by atoms with Crippen molar-refractivity contribution in [2.75, 3.05) is 18.0 Å². The van der Waals surface area contributed by atoms with Gasteiger partial charge in [-0.15, -0.1) is 0 Å². The molecule has 296 valence electrons. The molecule has 0 unspecified atom stereocenters. The van der Waals surface area contributed by atoms with Crippen molar-refractivity contribution in [2.24, 2.45) is 5.73 Å². The quantitative estimate of drug-likeness (QED) is 0.108. The van der Waals surface area contributed by atoms with E-state index in [1.54, 1.807) is 33.8 Å². The summed E-state index contributed by atoms with van der Waals surface area (Å²) in [5.41, 5.74) is 6.95. The number of ether oxygens (including phenoxy) is 1. The van der Waals surface area contributed by atoms with Crippen LogP contribution in [0.4, 0.5) is 10.2 Å². The third kappa shape index (κ3) is 9.39. The SMILES string of the molecule is CCC[CH2][Sn]([CH2]CCC)([CH2]CCC)[c]1c(F)c(N2CC[C@](C)(O)C2)nc2c1cnn2Cc1ccc2c(c1)CN([C@@H](CCC(=O)OC(C)(C)C)C(N)=O)C2=O. The van der Waals surface area contributed by atoms with Crippen LogP contribution in [-0.2, 0) is 27.4 Å². The number of carbonyl (C=O) groups excluding carboxylic acids is 3. The molecule has 0 saturated carbocycles. The van der Waals surface area contributed by atoms with Crippen molar-refractivity contribution >= 4 is 56.6 Å². The van der Waals surface area contributed by atoms with Crippen LogP contribution in [0.15, 0.2) is 24.4 Å². The zero-order valence-electron chi connectivity index (χ0n) is 33.5. The first-order valence-corrected chi connectivity index (χ1v) is 27.5. The zero-order valence-corrected chi connectivity index (χ0v) is 36.3. The third-order valence-corrected chi connectivity index (χ3v) is 26.7. The molecule has 54 heavy (non-hydrogen) atoms. The van der Waals surface area contributed by atoms with Crippen LogP contribution in [-0.4, -0.2) is 91.3 Å². The summed E-state index contributed by atoms with van der Waals surface area (Å²) in [6.07, 6.45) is 8.82. The van der Waals surface area contributed by atoms with E-state index in [1.807, 2.05) is 27.9 Å². The van der Waals surface area contributed by atoms with Gasteiger partial charge in [-0.2, -0.15) is 0 Å². The summed E-state index contributed by atoms with van der Waals surface area (Å²) in [6, 6.07) is 4.63. The molecular weight excluding hydrogens is 794 g/mol. The van der Waals surface area contributed by atoms with Crippen LogP contribution in [0.25, 0.3) is 11.0 Å². The number of pyridine rings is 1. The van der Waals surface area contributed by atoms with Gasteiger partial charge in [0.05, 0.1) is 0 Å². The number of unbranched alkanes of at least 4 members (excludes halogenated alkanes) is 3. The van der Waals surface area contributed by atoms with E-state index in [0.717, 1.165) is 71.9 Å². The predicted molar refractivity (Wildman–Crippen MR) is 213 cm³/mol. The number of nitrogens with two attached hydrogens (primary N) is 1. The Labute approximate surface area is 324 Å². The number of hydrogen-bond acceptors (Lipinski definition) is 8. The second-order valence-electron chi connectivity index (χ2n) is 16.9. The number of aliphatic hydroxyl groups is 1. The second kappa shape index (κ2) is 17.3. The first-order chi connectivity index (χ1) is 25.5. The Hall–Kier alpha value is -3.26. The van der Waals surface area contributed by atoms with Gasteiger partial charge in [-0.25, -0.2) is 0 Å². The monoisotopic (exact) mass is 856 g/mol. The van der Waals surface area contributed by atoms with Crippen molar-refractivity contribution in [1.29, 1.82) is 0 Å². The summed E-state index contributed by atoms with van der Waals surface area (Å²) in [7, 11) is 0. The number of nitrogens with zero attached hydrogens (tertiary/aromatic N) is 5. The van der Waals surface area contributed by atoms with E-state index in [1.165, 1.54) is 4.90 Å². The Morgan fingerprint density at radius 2 is 1.74 bits per heavy atom. The number of esters is 1. The number of halogens is 1. The molecule has 11 nitrogen and oxygen atoms in total. The molecule has 0 bridgehead atoms. The molecule has 3 aromatic rings. The van der Waals surface area contributed by atoms with Crippen molar-refractivity contribution in [3.63, 3.8) is 0 Å². The molecule has 13 heteroatoms. The number of primary amides is 1. The van der Waals surface area contributed by atoms with Crippen LogP contribution in [0.5, 0.6) is 0 Å². The predicted octanol–water partition coefficient (Wildman–Crippen LogP) is 6.57. The number of benzene rings is 1. The molecule has 2 aliphatic rings. The molecule has 1 aromatic carbocycles. The van der Waals surface area contributed by atoms with E-state index < -0.39 is 47.5 Å². The van der Waals surface area contributed by atoms with E-state index in [0.29, 0.717) is 43.1 Å². The van der Waals surface area contributed by atoms with Crippen LogP contribution < -0.4 is 14.2 Å². The van der Waals surface area contributed by atoms with Gasteiger partial charge < -0.3 is 10.5 Å². The summed E-state index contributed by atoms with van der Waals surface area (Å²) in [5, 5.41) is 16.6. The third-order valence-electron chi connectivity index (χ3n) is 11.1. The molecule has 0 radical (unpaired) electrons. The summed E-state index contributed by atoms with van der Waals surface area (Å²) < 4.78 is 28.8. The van der Waals surface area contributed by atoms with Crippen LogP contribution in [0.1, 0.15) is 128 Å². The van der Waals surface area contributed by atoms with E-state index >= 15 is 4.39 Å². The molecule has 3 N–H and O–H groups in total. The molecule has 2 amide bonds. The Morgan fingerprint density at radius 1 is 1.09 bits per heavy atom. The first-order valence-electron chi connectivity index (χ1n) is 20.0. The van der Waals surface area contributed by atoms with Gasteiger partial charge in [0, 0.05) is 6.42 Å². The van der Waals surface area contributed by atoms with Crippen molar-refractivity contribution < 1.29 is 28.6 Å². The molecule has 4 heterocycles. The first kappa shape index (κ1) is 41.9. The average molecular weight is 856 g/mol. The van der Waals surface area contributed by atoms with Crippen LogP contribution >= 0.6 is 0 Å². The number of anilines is 1. The van der Waals surface area contributed by atoms with Gasteiger partial charge in [0.2, 0.25) is 0 Å². The molecule has 2 atom stereocenters. The van der Waals surface area contributed by atoms with Crippen molar-refractivity contribution in [3.8, 4) is 0 Å². The second-order valence-corrected chi connectivity index (χ2v) is 29.9. The number of hydrogen-bond donors (Lipinski definition) is 2. The number of fused-ring (bicyclic) bond motifs is 2. The Kier molecular flexibility index (Phi) is 13.4. The van der Waals surface area contributed by atoms with E-state index in [-0.39, 0.29) is 31.1 Å². The minimum atomic E-state index is -3.41. The Morgan fingerprint density at radius 3 is 2.30 bits per heavy atom. The summed E-state index contributed by atoms with van der Waals surface area (Å²) in [5.74, 6) is -1.32. The maximum atomic E-state index is 17.4. The molecule has 1 saturated heterocycles. The number of carbonyl (C=O) groups is 3. The van der Waals surface area contributed by atoms with E-state index in [4.69, 9.17) is 20.6 Å². The molecule has 1 fully saturated rings. The van der Waals surface area contributed by atoms with Crippen LogP contribution in [0, 0.1) is 5.82 Å². The van der Waals surface area contributed by atoms with Gasteiger partial charge in [0.1, 0.15) is 5.60 Å². The molecule has 2 aliphatic heterocycles. The summed E-state index contributed by atoms with van der Waals surface area (Å²) in [6.45, 7) is 15.1. The Balaban J connectivity index is 1.52. The number of aromatic nitrogens is 3. The standard InChI is InChI=1S/C29H34FN6O5.3C4H9.Sn/c1-28(2,3)41-23(37)8-7-22(24(31)38)35-15-19-11-17(5-6-20(19)27(35)39)14-36-25-18(13-32-36)12-21(30)26(33-25)34-10-9-29(4,40)16-34;3*1-3-4-2;/h5-6,11,13,22,40H,7-10,14-16H2,1-4H3,(H2,31,38);3*1,3-4H2,2H3;/t22-,29-;;;;/m0..../s1. The average Bonchev–Trinajstić information content (AvgIpc) is 3.77. The molecule has 0 aliphatic carbocycles. The molecule has 2 aromatic heterocycles. The number of amides is 2. The number of rotatable bonds is 18. The van der Waals surface area contributed by atoms with Crippen LogP contribution in [0.2, 0.25) is 13.3 Å². The fraction of sp³-hybridized carbons (Fsp3) is 0.634. The zero-order chi connectivity index (χ0) is 39.4. The van der Waals surface area contributed by atoms with Gasteiger partial charge in [0.15, 0.2) is 0 Å². The normalized spacial score (nSPS) is 18.1. The van der Waals surface area contributed by atoms with Crippen molar-refractivity contribution in [1.82, 2.24) is 19.7 Å². The van der Waals surface area contributed by atoms with Gasteiger partial charge in [0.25, 0.3) is 0 Å². The van der Waals surface area contributed by atoms with E-state index in [2.05, 4.69) is 20.8 Å². The van der Waals surface area contributed by atoms with Gasteiger partial charge in [-0.05, 0) is 20.8 Å². The number of β-amino-alcohol motifs (C(OH)–C–C–N with tert-alkyl or cyclic N) is 1. The topological polar surface area (TPSA) is 144 Å². The molecular formula is C41H61FN6O5Sn. The van der Waals surface area contributed by atoms with Crippen molar-refractivity contribution in [3.05, 3.63) is 46.9 Å². The van der Waals surface area contributed by atoms with Gasteiger partial charge in [-0.1, -0.05) is 0 Å². The maximum absolute atomic E-state index is 17.4. The van der Waals surface area contributed by atoms with E-state index in [9.17, 15) is 19.5 Å². The summed E-state index contributed by atoms with van der Waals surface area (Å²) in [4.78, 5) is 46.9. The molecule has 0 spiro atoms. The van der Waals surface area contributed by atoms with Gasteiger partial charge >= 0.3 is 273 Å². The van der Waals surface area contributed by atoms with Gasteiger partial charge in [-0.3, -0.25) is 9.59 Å². The fourth-order valence-electron chi connectivity index (χ4n) is 8.34. The summed E-state index contributed by atoms with van der Waals surface area (Å²) >= 11 is -3.41.